The first-order valence-corrected chi connectivity index (χ1v) is 20.4. The van der Waals surface area contributed by atoms with Crippen molar-refractivity contribution >= 4 is 23.4 Å². The number of anilines is 2. The SMILES string of the molecule is Cc1noc(C)c1-c1ccc2c(c1)C(c1ccccc1)N(Cc1cn(CCn3cc(CN4C(=O)Nc5ccc(-c6c(C)noc6C)cc5C4c4ccccc4)nn3)nn1)C(=O)N2. The molecule has 2 atom stereocenters. The minimum atomic E-state index is -0.389. The zero-order valence-electron chi connectivity index (χ0n) is 34.5. The maximum atomic E-state index is 13.8. The molecule has 10 rings (SSSR count). The Hall–Kier alpha value is -7.88. The van der Waals surface area contributed by atoms with Gasteiger partial charge in [0.2, 0.25) is 0 Å². The van der Waals surface area contributed by atoms with E-state index in [1.165, 1.54) is 0 Å². The Labute approximate surface area is 356 Å². The van der Waals surface area contributed by atoms with Gasteiger partial charge in [-0.3, -0.25) is 9.36 Å². The van der Waals surface area contributed by atoms with Crippen LogP contribution in [0.2, 0.25) is 0 Å². The molecule has 4 aromatic carbocycles. The van der Waals surface area contributed by atoms with Crippen LogP contribution in [0.1, 0.15) is 68.6 Å². The zero-order valence-corrected chi connectivity index (χ0v) is 34.5. The van der Waals surface area contributed by atoms with Crippen LogP contribution in [0.4, 0.5) is 21.0 Å². The molecule has 2 aliphatic heterocycles. The van der Waals surface area contributed by atoms with Crippen molar-refractivity contribution in [3.05, 3.63) is 166 Å². The molecule has 8 aromatic rings. The molecule has 2 unspecified atom stereocenters. The molecule has 62 heavy (non-hydrogen) atoms. The molecule has 4 amide bonds. The quantitative estimate of drug-likeness (QED) is 0.129. The summed E-state index contributed by atoms with van der Waals surface area (Å²) in [5, 5.41) is 32.2. The number of rotatable bonds is 11. The Morgan fingerprint density at radius 2 is 0.984 bits per heavy atom. The van der Waals surface area contributed by atoms with Crippen LogP contribution >= 0.6 is 0 Å². The van der Waals surface area contributed by atoms with Gasteiger partial charge in [-0.2, -0.15) is 0 Å². The van der Waals surface area contributed by atoms with Gasteiger partial charge in [0.1, 0.15) is 22.9 Å². The summed E-state index contributed by atoms with van der Waals surface area (Å²) in [6, 6.07) is 30.8. The summed E-state index contributed by atoms with van der Waals surface area (Å²) < 4.78 is 14.4. The average Bonchev–Trinajstić information content (AvgIpc) is 4.08. The van der Waals surface area contributed by atoms with Crippen LogP contribution in [0.5, 0.6) is 0 Å². The van der Waals surface area contributed by atoms with Gasteiger partial charge in [-0.1, -0.05) is 93.5 Å². The topological polar surface area (TPSA) is 178 Å². The summed E-state index contributed by atoms with van der Waals surface area (Å²) in [5.41, 5.74) is 12.0. The van der Waals surface area contributed by atoms with Gasteiger partial charge in [0.05, 0.1) is 62.0 Å². The number of urea groups is 2. The third-order valence-corrected chi connectivity index (χ3v) is 11.6. The summed E-state index contributed by atoms with van der Waals surface area (Å²) >= 11 is 0. The summed E-state index contributed by atoms with van der Waals surface area (Å²) in [6.07, 6.45) is 3.69. The van der Waals surface area contributed by atoms with Crippen LogP contribution in [0, 0.1) is 27.7 Å². The van der Waals surface area contributed by atoms with Crippen LogP contribution in [0.3, 0.4) is 0 Å². The number of hydrogen-bond acceptors (Lipinski definition) is 10. The Balaban J connectivity index is 0.859. The lowest BCUT2D eigenvalue weighted by Crippen LogP contribution is -2.42. The Morgan fingerprint density at radius 3 is 1.37 bits per heavy atom. The van der Waals surface area contributed by atoms with E-state index in [9.17, 15) is 9.59 Å². The molecule has 4 aromatic heterocycles. The smallest absolute Gasteiger partial charge is 0.323 e. The van der Waals surface area contributed by atoms with Crippen LogP contribution in [0.15, 0.2) is 119 Å². The van der Waals surface area contributed by atoms with Crippen LogP contribution in [0.25, 0.3) is 22.3 Å². The Bertz CT molecular complexity index is 2710. The molecule has 0 radical (unpaired) electrons. The summed E-state index contributed by atoms with van der Waals surface area (Å²) in [5.74, 6) is 1.46. The van der Waals surface area contributed by atoms with Gasteiger partial charge >= 0.3 is 12.1 Å². The minimum absolute atomic E-state index is 0.219. The second kappa shape index (κ2) is 15.6. The van der Waals surface area contributed by atoms with Crippen molar-refractivity contribution in [2.24, 2.45) is 0 Å². The third-order valence-electron chi connectivity index (χ3n) is 11.6. The molecular weight excluding hydrogens is 785 g/mol. The van der Waals surface area contributed by atoms with Crippen molar-refractivity contribution in [3.8, 4) is 22.3 Å². The monoisotopic (exact) mass is 826 g/mol. The molecule has 2 aliphatic rings. The fourth-order valence-corrected chi connectivity index (χ4v) is 8.76. The number of amides is 4. The van der Waals surface area contributed by atoms with Crippen LogP contribution < -0.4 is 10.6 Å². The van der Waals surface area contributed by atoms with Gasteiger partial charge < -0.3 is 29.5 Å². The number of carbonyl (C=O) groups is 2. The molecule has 6 heterocycles. The van der Waals surface area contributed by atoms with Gasteiger partial charge in [-0.05, 0) is 74.2 Å². The number of fused-ring (bicyclic) bond motifs is 2. The van der Waals surface area contributed by atoms with Crippen molar-refractivity contribution in [2.45, 2.75) is 66.0 Å². The average molecular weight is 827 g/mol. The number of aryl methyl sites for hydroxylation is 6. The van der Waals surface area contributed by atoms with Crippen molar-refractivity contribution in [1.82, 2.24) is 50.1 Å². The number of nitrogens with one attached hydrogen (secondary N) is 2. The van der Waals surface area contributed by atoms with Crippen molar-refractivity contribution in [3.63, 3.8) is 0 Å². The van der Waals surface area contributed by atoms with Crippen LogP contribution in [-0.4, -0.2) is 62.2 Å². The molecule has 2 N–H and O–H groups in total. The normalized spacial score (nSPS) is 15.9. The molecule has 0 aliphatic carbocycles. The zero-order chi connectivity index (χ0) is 42.5. The maximum absolute atomic E-state index is 13.8. The van der Waals surface area contributed by atoms with E-state index < -0.39 is 0 Å². The van der Waals surface area contributed by atoms with Crippen molar-refractivity contribution in [1.29, 1.82) is 0 Å². The molecule has 0 saturated carbocycles. The van der Waals surface area contributed by atoms with Crippen molar-refractivity contribution in [2.75, 3.05) is 10.6 Å². The van der Waals surface area contributed by atoms with E-state index in [-0.39, 0.29) is 37.2 Å². The fraction of sp³-hybridized carbons (Fsp3) is 0.217. The van der Waals surface area contributed by atoms with Crippen molar-refractivity contribution < 1.29 is 18.6 Å². The number of carbonyl (C=O) groups excluding carboxylic acids is 2. The minimum Gasteiger partial charge on any atom is -0.361 e. The van der Waals surface area contributed by atoms with E-state index in [1.54, 1.807) is 19.2 Å². The van der Waals surface area contributed by atoms with Crippen LogP contribution in [-0.2, 0) is 26.2 Å². The highest BCUT2D eigenvalue weighted by Gasteiger charge is 2.36. The summed E-state index contributed by atoms with van der Waals surface area (Å²) in [7, 11) is 0. The van der Waals surface area contributed by atoms with E-state index in [4.69, 9.17) is 9.05 Å². The van der Waals surface area contributed by atoms with Gasteiger partial charge in [0.15, 0.2) is 0 Å². The summed E-state index contributed by atoms with van der Waals surface area (Å²) in [4.78, 5) is 31.1. The maximum Gasteiger partial charge on any atom is 0.323 e. The highest BCUT2D eigenvalue weighted by molar-refractivity contribution is 5.95. The second-order valence-corrected chi connectivity index (χ2v) is 15.7. The first-order valence-electron chi connectivity index (χ1n) is 20.4. The Kier molecular flexibility index (Phi) is 9.66. The first-order chi connectivity index (χ1) is 30.2. The second-order valence-electron chi connectivity index (χ2n) is 15.7. The van der Waals surface area contributed by atoms with E-state index in [1.807, 2.05) is 125 Å². The molecule has 16 nitrogen and oxygen atoms in total. The number of hydrogen-bond donors (Lipinski definition) is 2. The largest absolute Gasteiger partial charge is 0.361 e. The number of nitrogens with zero attached hydrogens (tertiary/aromatic N) is 10. The lowest BCUT2D eigenvalue weighted by molar-refractivity contribution is 0.190. The molecule has 0 spiro atoms. The molecule has 0 bridgehead atoms. The predicted molar refractivity (Wildman–Crippen MR) is 229 cm³/mol. The standard InChI is InChI=1S/C46H42N12O4/c1-27-41(29(3)61-51-27)33-15-17-39-37(21-33)43(31-11-7-5-8-12-31)57(45(59)47-39)25-35-23-55(53-49-35)19-20-56-24-36(50-54-56)26-58-44(32-13-9-6-10-14-32)38-22-34(16-18-40(38)48-46(58)60)42-28(2)52-62-30(42)4/h5-18,21-24,43-44H,19-20,25-26H2,1-4H3,(H,47,59)(H,48,60). The fourth-order valence-electron chi connectivity index (χ4n) is 8.76. The van der Waals surface area contributed by atoms with Gasteiger partial charge in [-0.25, -0.2) is 9.59 Å². The predicted octanol–water partition coefficient (Wildman–Crippen LogP) is 8.39. The van der Waals surface area contributed by atoms with Gasteiger partial charge in [-0.15, -0.1) is 10.2 Å². The number of aromatic nitrogens is 8. The highest BCUT2D eigenvalue weighted by Crippen LogP contribution is 2.43. The number of benzene rings is 4. The van der Waals surface area contributed by atoms with E-state index in [0.717, 1.165) is 78.8 Å². The van der Waals surface area contributed by atoms with E-state index in [0.29, 0.717) is 24.5 Å². The van der Waals surface area contributed by atoms with Gasteiger partial charge in [0, 0.05) is 33.6 Å². The molecular formula is C46H42N12O4. The molecule has 0 fully saturated rings. The molecule has 310 valence electrons. The summed E-state index contributed by atoms with van der Waals surface area (Å²) in [6.45, 7) is 8.98. The van der Waals surface area contributed by atoms with E-state index >= 15 is 0 Å². The Morgan fingerprint density at radius 1 is 0.565 bits per heavy atom. The first kappa shape index (κ1) is 38.3. The lowest BCUT2D eigenvalue weighted by atomic mass is 9.90. The molecule has 0 saturated heterocycles. The molecule has 16 heteroatoms. The van der Waals surface area contributed by atoms with Gasteiger partial charge in [0.25, 0.3) is 0 Å². The third kappa shape index (κ3) is 7.04. The van der Waals surface area contributed by atoms with E-state index in [2.05, 4.69) is 53.7 Å². The highest BCUT2D eigenvalue weighted by atomic mass is 16.5. The lowest BCUT2D eigenvalue weighted by Gasteiger charge is -2.37.